The van der Waals surface area contributed by atoms with Gasteiger partial charge in [0.15, 0.2) is 5.96 Å². The van der Waals surface area contributed by atoms with E-state index in [2.05, 4.69) is 9.98 Å². The van der Waals surface area contributed by atoms with Crippen molar-refractivity contribution in [2.45, 2.75) is 24.6 Å². The van der Waals surface area contributed by atoms with Crippen molar-refractivity contribution in [3.8, 4) is 6.07 Å². The van der Waals surface area contributed by atoms with E-state index in [1.54, 1.807) is 19.1 Å². The number of aromatic nitrogens is 1. The quantitative estimate of drug-likeness (QED) is 0.849. The molecule has 2 N–H and O–H groups in total. The molecule has 0 fully saturated rings. The SMILES string of the molecule is CN1C(=O)C(c2ccc(C(F)(F)F)cn2)C(C)(c2ccc(C#N)s2)N=C1N. The molecule has 2 aromatic heterocycles. The molecule has 140 valence electrons. The zero-order chi connectivity index (χ0) is 20.0. The molecule has 3 heterocycles. The lowest BCUT2D eigenvalue weighted by Crippen LogP contribution is -2.52. The highest BCUT2D eigenvalue weighted by atomic mass is 32.1. The van der Waals surface area contributed by atoms with E-state index in [9.17, 15) is 18.0 Å². The third-order valence-corrected chi connectivity index (χ3v) is 5.67. The summed E-state index contributed by atoms with van der Waals surface area (Å²) < 4.78 is 38.5. The molecule has 0 saturated heterocycles. The number of carbonyl (C=O) groups excluding carboxylic acids is 1. The summed E-state index contributed by atoms with van der Waals surface area (Å²) in [5.41, 5.74) is 3.91. The van der Waals surface area contributed by atoms with Crippen molar-refractivity contribution < 1.29 is 18.0 Å². The van der Waals surface area contributed by atoms with E-state index >= 15 is 0 Å². The number of aliphatic imine (C=N–C) groups is 1. The van der Waals surface area contributed by atoms with Gasteiger partial charge in [0.1, 0.15) is 22.4 Å². The molecule has 2 unspecified atom stereocenters. The molecule has 0 aliphatic carbocycles. The Balaban J connectivity index is 2.15. The van der Waals surface area contributed by atoms with Gasteiger partial charge in [-0.25, -0.2) is 4.99 Å². The number of alkyl halides is 3. The number of likely N-dealkylation sites (N-methyl/N-ethyl adjacent to an activating group) is 1. The van der Waals surface area contributed by atoms with Gasteiger partial charge in [-0.1, -0.05) is 0 Å². The molecule has 0 spiro atoms. The first-order valence-corrected chi connectivity index (χ1v) is 8.56. The number of amides is 1. The molecule has 10 heteroatoms. The summed E-state index contributed by atoms with van der Waals surface area (Å²) in [6.07, 6.45) is -3.83. The van der Waals surface area contributed by atoms with Crippen molar-refractivity contribution in [1.29, 1.82) is 5.26 Å². The molecule has 6 nitrogen and oxygen atoms in total. The van der Waals surface area contributed by atoms with Crippen LogP contribution in [0.4, 0.5) is 13.2 Å². The fourth-order valence-electron chi connectivity index (χ4n) is 2.95. The Bertz CT molecular complexity index is 960. The number of thiophene rings is 1. The maximum absolute atomic E-state index is 12.9. The highest BCUT2D eigenvalue weighted by Gasteiger charge is 2.49. The predicted octanol–water partition coefficient (Wildman–Crippen LogP) is 2.82. The molecule has 3 rings (SSSR count). The van der Waals surface area contributed by atoms with E-state index in [4.69, 9.17) is 11.0 Å². The van der Waals surface area contributed by atoms with Crippen LogP contribution in [0.3, 0.4) is 0 Å². The molecule has 2 aromatic rings. The molecule has 0 aromatic carbocycles. The van der Waals surface area contributed by atoms with Gasteiger partial charge in [0.2, 0.25) is 5.91 Å². The van der Waals surface area contributed by atoms with E-state index in [-0.39, 0.29) is 11.7 Å². The fraction of sp³-hybridized carbons (Fsp3) is 0.294. The average molecular weight is 393 g/mol. The maximum atomic E-state index is 12.9. The Morgan fingerprint density at radius 1 is 1.33 bits per heavy atom. The van der Waals surface area contributed by atoms with Crippen LogP contribution in [0.5, 0.6) is 0 Å². The maximum Gasteiger partial charge on any atom is 0.417 e. The number of hydrogen-bond donors (Lipinski definition) is 1. The van der Waals surface area contributed by atoms with Crippen LogP contribution in [0.15, 0.2) is 35.5 Å². The lowest BCUT2D eigenvalue weighted by Gasteiger charge is -2.39. The Hall–Kier alpha value is -2.93. The summed E-state index contributed by atoms with van der Waals surface area (Å²) in [5.74, 6) is -1.44. The molecule has 27 heavy (non-hydrogen) atoms. The lowest BCUT2D eigenvalue weighted by molar-refractivity contribution is -0.137. The van der Waals surface area contributed by atoms with E-state index < -0.39 is 29.1 Å². The smallest absolute Gasteiger partial charge is 0.369 e. The number of nitriles is 1. The van der Waals surface area contributed by atoms with Gasteiger partial charge in [-0.2, -0.15) is 18.4 Å². The molecule has 0 radical (unpaired) electrons. The van der Waals surface area contributed by atoms with E-state index in [1.807, 2.05) is 6.07 Å². The van der Waals surface area contributed by atoms with Gasteiger partial charge in [0.25, 0.3) is 0 Å². The van der Waals surface area contributed by atoms with Crippen LogP contribution in [0.2, 0.25) is 0 Å². The minimum Gasteiger partial charge on any atom is -0.369 e. The van der Waals surface area contributed by atoms with Crippen molar-refractivity contribution in [1.82, 2.24) is 9.88 Å². The molecule has 1 amide bonds. The molecule has 0 saturated carbocycles. The van der Waals surface area contributed by atoms with Crippen LogP contribution >= 0.6 is 11.3 Å². The predicted molar refractivity (Wildman–Crippen MR) is 92.8 cm³/mol. The largest absolute Gasteiger partial charge is 0.417 e. The van der Waals surface area contributed by atoms with Gasteiger partial charge in [0, 0.05) is 18.1 Å². The summed E-state index contributed by atoms with van der Waals surface area (Å²) >= 11 is 1.15. The summed E-state index contributed by atoms with van der Waals surface area (Å²) in [6, 6.07) is 7.33. The second-order valence-electron chi connectivity index (χ2n) is 6.19. The number of halogens is 3. The second-order valence-corrected chi connectivity index (χ2v) is 7.28. The van der Waals surface area contributed by atoms with Gasteiger partial charge >= 0.3 is 6.18 Å². The van der Waals surface area contributed by atoms with E-state index in [0.29, 0.717) is 16.0 Å². The minimum atomic E-state index is -4.53. The van der Waals surface area contributed by atoms with Crippen molar-refractivity contribution in [2.75, 3.05) is 7.05 Å². The standard InChI is InChI=1S/C17H14F3N5OS/c1-16(12-6-4-10(7-21)27-12)13(14(26)25(2)15(22)24-16)11-5-3-9(8-23-11)17(18,19)20/h3-6,8,13H,1-2H3,(H2,22,24). The third-order valence-electron chi connectivity index (χ3n) is 4.45. The normalized spacial score (nSPS) is 23.1. The van der Waals surface area contributed by atoms with Gasteiger partial charge in [-0.05, 0) is 31.2 Å². The van der Waals surface area contributed by atoms with E-state index in [1.165, 1.54) is 13.1 Å². The van der Waals surface area contributed by atoms with Crippen LogP contribution < -0.4 is 5.73 Å². The van der Waals surface area contributed by atoms with Crippen molar-refractivity contribution in [3.63, 3.8) is 0 Å². The zero-order valence-electron chi connectivity index (χ0n) is 14.3. The number of guanidine groups is 1. The second kappa shape index (κ2) is 6.35. The van der Waals surface area contributed by atoms with Crippen LogP contribution in [0.25, 0.3) is 0 Å². The highest BCUT2D eigenvalue weighted by molar-refractivity contribution is 7.12. The van der Waals surface area contributed by atoms with Crippen LogP contribution in [0.1, 0.15) is 33.9 Å². The number of rotatable bonds is 2. The summed E-state index contributed by atoms with van der Waals surface area (Å²) in [7, 11) is 1.44. The molecule has 2 atom stereocenters. The topological polar surface area (TPSA) is 95.4 Å². The monoisotopic (exact) mass is 393 g/mol. The summed E-state index contributed by atoms with van der Waals surface area (Å²) in [5, 5.41) is 9.07. The summed E-state index contributed by atoms with van der Waals surface area (Å²) in [4.78, 5) is 23.4. The van der Waals surface area contributed by atoms with Crippen LogP contribution in [-0.2, 0) is 16.5 Å². The van der Waals surface area contributed by atoms with Gasteiger partial charge in [0.05, 0.1) is 11.3 Å². The Morgan fingerprint density at radius 2 is 2.04 bits per heavy atom. The molecular formula is C17H14F3N5OS. The van der Waals surface area contributed by atoms with Gasteiger partial charge in [-0.15, -0.1) is 11.3 Å². The minimum absolute atomic E-state index is 0.0161. The number of nitrogens with zero attached hydrogens (tertiary/aromatic N) is 4. The number of hydrogen-bond acceptors (Lipinski definition) is 6. The fourth-order valence-corrected chi connectivity index (χ4v) is 3.87. The average Bonchev–Trinajstić information content (AvgIpc) is 3.09. The summed E-state index contributed by atoms with van der Waals surface area (Å²) in [6.45, 7) is 1.65. The molecular weight excluding hydrogens is 379 g/mol. The Kier molecular flexibility index (Phi) is 4.43. The Morgan fingerprint density at radius 3 is 2.56 bits per heavy atom. The highest BCUT2D eigenvalue weighted by Crippen LogP contribution is 2.45. The lowest BCUT2D eigenvalue weighted by atomic mass is 9.80. The van der Waals surface area contributed by atoms with Crippen molar-refractivity contribution in [3.05, 3.63) is 51.5 Å². The first kappa shape index (κ1) is 18.8. The first-order chi connectivity index (χ1) is 12.6. The zero-order valence-corrected chi connectivity index (χ0v) is 15.1. The van der Waals surface area contributed by atoms with Crippen LogP contribution in [0, 0.1) is 11.3 Å². The molecule has 0 bridgehead atoms. The Labute approximate surface area is 156 Å². The third kappa shape index (κ3) is 3.14. The number of carbonyl (C=O) groups is 1. The molecule has 1 aliphatic rings. The first-order valence-electron chi connectivity index (χ1n) is 7.74. The van der Waals surface area contributed by atoms with Crippen molar-refractivity contribution in [2.24, 2.45) is 10.7 Å². The van der Waals surface area contributed by atoms with Crippen LogP contribution in [-0.4, -0.2) is 28.8 Å². The molecule has 1 aliphatic heterocycles. The number of nitrogens with two attached hydrogens (primary N) is 1. The van der Waals surface area contributed by atoms with E-state index in [0.717, 1.165) is 22.3 Å². The van der Waals surface area contributed by atoms with Crippen molar-refractivity contribution >= 4 is 23.2 Å². The van der Waals surface area contributed by atoms with Gasteiger partial charge in [-0.3, -0.25) is 14.7 Å². The number of pyridine rings is 1. The van der Waals surface area contributed by atoms with Gasteiger partial charge < -0.3 is 5.73 Å².